The van der Waals surface area contributed by atoms with Gasteiger partial charge in [-0.25, -0.2) is 9.37 Å². The van der Waals surface area contributed by atoms with Crippen LogP contribution in [0.4, 0.5) is 4.39 Å². The van der Waals surface area contributed by atoms with Crippen LogP contribution in [0.15, 0.2) is 30.7 Å². The molecule has 0 aliphatic rings. The van der Waals surface area contributed by atoms with Crippen molar-refractivity contribution in [2.45, 2.75) is 26.3 Å². The molecular formula is C15H20FN3. The Hall–Kier alpha value is -1.68. The normalized spacial score (nSPS) is 12.6. The molecule has 1 atom stereocenters. The Bertz CT molecular complexity index is 548. The number of hydrogen-bond donors (Lipinski definition) is 1. The summed E-state index contributed by atoms with van der Waals surface area (Å²) in [5, 5.41) is 3.45. The monoisotopic (exact) mass is 261 g/mol. The van der Waals surface area contributed by atoms with Crippen LogP contribution >= 0.6 is 0 Å². The smallest absolute Gasteiger partial charge is 0.126 e. The van der Waals surface area contributed by atoms with Crippen LogP contribution in [0.5, 0.6) is 0 Å². The van der Waals surface area contributed by atoms with E-state index < -0.39 is 0 Å². The van der Waals surface area contributed by atoms with Gasteiger partial charge in [-0.05, 0) is 37.1 Å². The van der Waals surface area contributed by atoms with Gasteiger partial charge in [-0.2, -0.15) is 0 Å². The molecule has 1 aromatic heterocycles. The van der Waals surface area contributed by atoms with Crippen LogP contribution in [-0.4, -0.2) is 16.1 Å². The van der Waals surface area contributed by atoms with E-state index >= 15 is 0 Å². The number of hydrogen-bond acceptors (Lipinski definition) is 2. The van der Waals surface area contributed by atoms with Gasteiger partial charge in [0, 0.05) is 7.05 Å². The number of imidazole rings is 1. The molecule has 0 radical (unpaired) electrons. The fraction of sp³-hybridized carbons (Fsp3) is 0.400. The van der Waals surface area contributed by atoms with Crippen molar-refractivity contribution in [2.24, 2.45) is 7.05 Å². The molecule has 0 aliphatic carbocycles. The van der Waals surface area contributed by atoms with E-state index in [1.165, 1.54) is 0 Å². The lowest BCUT2D eigenvalue weighted by Gasteiger charge is -2.20. The second kappa shape index (κ2) is 5.97. The molecule has 4 heteroatoms. The molecule has 1 aromatic carbocycles. The van der Waals surface area contributed by atoms with Crippen LogP contribution in [0.1, 0.15) is 36.2 Å². The van der Waals surface area contributed by atoms with Gasteiger partial charge < -0.3 is 9.88 Å². The van der Waals surface area contributed by atoms with Crippen LogP contribution in [0.25, 0.3) is 0 Å². The second-order valence-corrected chi connectivity index (χ2v) is 4.83. The number of rotatable bonds is 5. The SMILES string of the molecule is CCCNC(c1ccc(C)c(F)c1)c1cncn1C. The molecule has 3 nitrogen and oxygen atoms in total. The Morgan fingerprint density at radius 1 is 1.42 bits per heavy atom. The lowest BCUT2D eigenvalue weighted by atomic mass is 10.0. The van der Waals surface area contributed by atoms with Crippen LogP contribution in [0.2, 0.25) is 0 Å². The highest BCUT2D eigenvalue weighted by atomic mass is 19.1. The van der Waals surface area contributed by atoms with E-state index in [0.717, 1.165) is 24.2 Å². The van der Waals surface area contributed by atoms with Gasteiger partial charge in [-0.15, -0.1) is 0 Å². The first kappa shape index (κ1) is 13.7. The Morgan fingerprint density at radius 3 is 2.79 bits per heavy atom. The number of halogens is 1. The molecule has 19 heavy (non-hydrogen) atoms. The highest BCUT2D eigenvalue weighted by molar-refractivity contribution is 5.31. The van der Waals surface area contributed by atoms with Gasteiger partial charge in [0.25, 0.3) is 0 Å². The number of nitrogens with one attached hydrogen (secondary N) is 1. The molecule has 0 amide bonds. The number of nitrogens with zero attached hydrogens (tertiary/aromatic N) is 2. The average Bonchev–Trinajstić information content (AvgIpc) is 2.80. The summed E-state index contributed by atoms with van der Waals surface area (Å²) >= 11 is 0. The predicted octanol–water partition coefficient (Wildman–Crippen LogP) is 2.96. The summed E-state index contributed by atoms with van der Waals surface area (Å²) in [7, 11) is 1.95. The van der Waals surface area contributed by atoms with Crippen molar-refractivity contribution in [3.8, 4) is 0 Å². The molecule has 0 saturated heterocycles. The van der Waals surface area contributed by atoms with E-state index in [2.05, 4.69) is 17.2 Å². The van der Waals surface area contributed by atoms with Gasteiger partial charge in [0.15, 0.2) is 0 Å². The minimum atomic E-state index is -0.164. The summed E-state index contributed by atoms with van der Waals surface area (Å²) in [4.78, 5) is 4.15. The van der Waals surface area contributed by atoms with Crippen LogP contribution in [-0.2, 0) is 7.05 Å². The standard InChI is InChI=1S/C15H20FN3/c1-4-7-18-15(14-9-17-10-19(14)3)12-6-5-11(2)13(16)8-12/h5-6,8-10,15,18H,4,7H2,1-3H3. The van der Waals surface area contributed by atoms with Crippen LogP contribution < -0.4 is 5.32 Å². The minimum absolute atomic E-state index is 0.0254. The van der Waals surface area contributed by atoms with E-state index in [1.807, 2.05) is 29.9 Å². The Morgan fingerprint density at radius 2 is 2.21 bits per heavy atom. The van der Waals surface area contributed by atoms with Gasteiger partial charge in [-0.3, -0.25) is 0 Å². The summed E-state index contributed by atoms with van der Waals surface area (Å²) in [6.45, 7) is 4.77. The maximum absolute atomic E-state index is 13.8. The van der Waals surface area contributed by atoms with Gasteiger partial charge in [-0.1, -0.05) is 19.1 Å². The maximum atomic E-state index is 13.8. The van der Waals surface area contributed by atoms with E-state index in [0.29, 0.717) is 5.56 Å². The molecule has 0 bridgehead atoms. The fourth-order valence-electron chi connectivity index (χ4n) is 2.12. The summed E-state index contributed by atoms with van der Waals surface area (Å²) in [5.41, 5.74) is 2.64. The van der Waals surface area contributed by atoms with E-state index in [1.54, 1.807) is 19.3 Å². The van der Waals surface area contributed by atoms with Crippen molar-refractivity contribution in [2.75, 3.05) is 6.54 Å². The number of aryl methyl sites for hydroxylation is 2. The molecule has 1 N–H and O–H groups in total. The Labute approximate surface area is 113 Å². The fourth-order valence-corrected chi connectivity index (χ4v) is 2.12. The van der Waals surface area contributed by atoms with Crippen molar-refractivity contribution in [3.63, 3.8) is 0 Å². The zero-order chi connectivity index (χ0) is 13.8. The minimum Gasteiger partial charge on any atom is -0.336 e. The number of aromatic nitrogens is 2. The van der Waals surface area contributed by atoms with Gasteiger partial charge in [0.05, 0.1) is 24.3 Å². The average molecular weight is 261 g/mol. The summed E-state index contributed by atoms with van der Waals surface area (Å²) in [6, 6.07) is 5.37. The molecule has 2 aromatic rings. The zero-order valence-electron chi connectivity index (χ0n) is 11.7. The Kier molecular flexibility index (Phi) is 4.32. The maximum Gasteiger partial charge on any atom is 0.126 e. The summed E-state index contributed by atoms with van der Waals surface area (Å²) in [5.74, 6) is -0.164. The predicted molar refractivity (Wildman–Crippen MR) is 74.5 cm³/mol. The molecule has 1 unspecified atom stereocenters. The summed E-state index contributed by atoms with van der Waals surface area (Å²) in [6.07, 6.45) is 4.62. The lowest BCUT2D eigenvalue weighted by Crippen LogP contribution is -2.25. The van der Waals surface area contributed by atoms with Crippen molar-refractivity contribution < 1.29 is 4.39 Å². The molecule has 0 spiro atoms. The number of benzene rings is 1. The molecule has 102 valence electrons. The second-order valence-electron chi connectivity index (χ2n) is 4.83. The highest BCUT2D eigenvalue weighted by Crippen LogP contribution is 2.23. The molecule has 0 fully saturated rings. The molecule has 0 saturated carbocycles. The molecule has 0 aliphatic heterocycles. The first-order valence-corrected chi connectivity index (χ1v) is 6.59. The highest BCUT2D eigenvalue weighted by Gasteiger charge is 2.17. The van der Waals surface area contributed by atoms with Crippen LogP contribution in [0, 0.1) is 12.7 Å². The molecule has 2 rings (SSSR count). The van der Waals surface area contributed by atoms with Crippen LogP contribution in [0.3, 0.4) is 0 Å². The third-order valence-electron chi connectivity index (χ3n) is 3.28. The topological polar surface area (TPSA) is 29.9 Å². The quantitative estimate of drug-likeness (QED) is 0.896. The van der Waals surface area contributed by atoms with Gasteiger partial charge in [0.1, 0.15) is 5.82 Å². The third-order valence-corrected chi connectivity index (χ3v) is 3.28. The van der Waals surface area contributed by atoms with Crippen molar-refractivity contribution in [1.82, 2.24) is 14.9 Å². The molecular weight excluding hydrogens is 241 g/mol. The van der Waals surface area contributed by atoms with E-state index in [-0.39, 0.29) is 11.9 Å². The van der Waals surface area contributed by atoms with Crippen molar-refractivity contribution in [3.05, 3.63) is 53.4 Å². The van der Waals surface area contributed by atoms with Crippen molar-refractivity contribution >= 4 is 0 Å². The van der Waals surface area contributed by atoms with Gasteiger partial charge >= 0.3 is 0 Å². The largest absolute Gasteiger partial charge is 0.336 e. The summed E-state index contributed by atoms with van der Waals surface area (Å²) < 4.78 is 15.7. The Balaban J connectivity index is 2.37. The van der Waals surface area contributed by atoms with Crippen molar-refractivity contribution in [1.29, 1.82) is 0 Å². The third kappa shape index (κ3) is 3.01. The van der Waals surface area contributed by atoms with Gasteiger partial charge in [0.2, 0.25) is 0 Å². The first-order valence-electron chi connectivity index (χ1n) is 6.59. The zero-order valence-corrected chi connectivity index (χ0v) is 11.7. The lowest BCUT2D eigenvalue weighted by molar-refractivity contribution is 0.560. The van der Waals surface area contributed by atoms with E-state index in [4.69, 9.17) is 0 Å². The van der Waals surface area contributed by atoms with E-state index in [9.17, 15) is 4.39 Å². The first-order chi connectivity index (χ1) is 9.13. The molecule has 1 heterocycles.